The van der Waals surface area contributed by atoms with Crippen LogP contribution in [0.4, 0.5) is 5.69 Å². The third-order valence-electron chi connectivity index (χ3n) is 4.95. The van der Waals surface area contributed by atoms with E-state index in [2.05, 4.69) is 52.5 Å². The molecule has 4 heteroatoms. The van der Waals surface area contributed by atoms with Gasteiger partial charge in [0.25, 0.3) is 0 Å². The molecular weight excluding hydrogens is 262 g/mol. The Hall–Kier alpha value is -1.10. The van der Waals surface area contributed by atoms with Crippen LogP contribution in [0.5, 0.6) is 0 Å². The number of benzene rings is 1. The molecule has 2 saturated heterocycles. The van der Waals surface area contributed by atoms with E-state index in [0.717, 1.165) is 52.0 Å². The minimum absolute atomic E-state index is 0.494. The Kier molecular flexibility index (Phi) is 4.48. The summed E-state index contributed by atoms with van der Waals surface area (Å²) in [5, 5.41) is 14.2. The molecule has 0 amide bonds. The van der Waals surface area contributed by atoms with Crippen molar-refractivity contribution >= 4 is 5.69 Å². The van der Waals surface area contributed by atoms with Gasteiger partial charge in [0, 0.05) is 44.5 Å². The minimum Gasteiger partial charge on any atom is -0.388 e. The Labute approximate surface area is 127 Å². The third kappa shape index (κ3) is 3.76. The number of hydrogen-bond acceptors (Lipinski definition) is 4. The van der Waals surface area contributed by atoms with E-state index >= 15 is 0 Å². The van der Waals surface area contributed by atoms with Crippen molar-refractivity contribution in [2.45, 2.75) is 30.9 Å². The van der Waals surface area contributed by atoms with Crippen molar-refractivity contribution in [2.24, 2.45) is 0 Å². The summed E-state index contributed by atoms with van der Waals surface area (Å²) < 4.78 is 0. The first-order valence-electron chi connectivity index (χ1n) is 8.09. The predicted octanol–water partition coefficient (Wildman–Crippen LogP) is 1.31. The van der Waals surface area contributed by atoms with Gasteiger partial charge in [0.05, 0.1) is 5.60 Å². The van der Waals surface area contributed by atoms with Gasteiger partial charge in [-0.3, -0.25) is 0 Å². The molecular formula is C17H27N3O. The van der Waals surface area contributed by atoms with Crippen LogP contribution in [0.15, 0.2) is 30.3 Å². The van der Waals surface area contributed by atoms with Gasteiger partial charge in [-0.15, -0.1) is 0 Å². The van der Waals surface area contributed by atoms with Gasteiger partial charge in [0.1, 0.15) is 0 Å². The van der Waals surface area contributed by atoms with Crippen molar-refractivity contribution in [3.63, 3.8) is 0 Å². The molecule has 0 saturated carbocycles. The van der Waals surface area contributed by atoms with E-state index in [9.17, 15) is 5.11 Å². The van der Waals surface area contributed by atoms with E-state index in [4.69, 9.17) is 0 Å². The lowest BCUT2D eigenvalue weighted by atomic mass is 9.91. The van der Waals surface area contributed by atoms with Gasteiger partial charge in [-0.1, -0.05) is 18.2 Å². The smallest absolute Gasteiger partial charge is 0.0796 e. The minimum atomic E-state index is -0.507. The molecule has 3 rings (SSSR count). The van der Waals surface area contributed by atoms with Crippen molar-refractivity contribution < 1.29 is 5.11 Å². The zero-order valence-electron chi connectivity index (χ0n) is 13.0. The molecule has 2 aliphatic rings. The molecule has 0 radical (unpaired) electrons. The lowest BCUT2D eigenvalue weighted by Crippen LogP contribution is -2.51. The summed E-state index contributed by atoms with van der Waals surface area (Å²) >= 11 is 0. The number of likely N-dealkylation sites (tertiary alicyclic amines) is 1. The maximum absolute atomic E-state index is 10.6. The van der Waals surface area contributed by atoms with E-state index in [1.165, 1.54) is 5.69 Å². The normalized spacial score (nSPS) is 26.2. The lowest BCUT2D eigenvalue weighted by Gasteiger charge is -2.37. The number of nitrogens with zero attached hydrogens (tertiary/aromatic N) is 2. The number of nitrogens with one attached hydrogen (secondary N) is 1. The summed E-state index contributed by atoms with van der Waals surface area (Å²) in [5.74, 6) is 0. The first kappa shape index (κ1) is 14.8. The summed E-state index contributed by atoms with van der Waals surface area (Å²) in [7, 11) is 2.13. The van der Waals surface area contributed by atoms with Crippen LogP contribution < -0.4 is 10.2 Å². The Morgan fingerprint density at radius 1 is 1.19 bits per heavy atom. The van der Waals surface area contributed by atoms with Crippen molar-refractivity contribution in [1.82, 2.24) is 10.2 Å². The summed E-state index contributed by atoms with van der Waals surface area (Å²) in [6, 6.07) is 11.1. The Balaban J connectivity index is 1.47. The van der Waals surface area contributed by atoms with Crippen LogP contribution in [0.3, 0.4) is 0 Å². The number of hydrogen-bond donors (Lipinski definition) is 2. The van der Waals surface area contributed by atoms with Gasteiger partial charge in [0.2, 0.25) is 0 Å². The molecule has 2 fully saturated rings. The van der Waals surface area contributed by atoms with E-state index in [1.807, 2.05) is 0 Å². The van der Waals surface area contributed by atoms with Crippen LogP contribution in [-0.4, -0.2) is 61.4 Å². The second-order valence-corrected chi connectivity index (χ2v) is 6.68. The highest BCUT2D eigenvalue weighted by Gasteiger charge is 2.32. The van der Waals surface area contributed by atoms with E-state index < -0.39 is 5.60 Å². The Morgan fingerprint density at radius 2 is 1.90 bits per heavy atom. The maximum atomic E-state index is 10.6. The molecule has 0 bridgehead atoms. The van der Waals surface area contributed by atoms with Crippen LogP contribution in [0.25, 0.3) is 0 Å². The molecule has 0 spiro atoms. The Morgan fingerprint density at radius 3 is 2.62 bits per heavy atom. The SMILES string of the molecule is CN1CCC(O)(CN[C@H]2CCN(c3ccccc3)C2)CC1. The average molecular weight is 289 g/mol. The van der Waals surface area contributed by atoms with Gasteiger partial charge in [0.15, 0.2) is 0 Å². The highest BCUT2D eigenvalue weighted by atomic mass is 16.3. The zero-order chi connectivity index (χ0) is 14.7. The number of aliphatic hydroxyl groups is 1. The molecule has 2 aliphatic heterocycles. The molecule has 2 heterocycles. The fourth-order valence-corrected chi connectivity index (χ4v) is 3.35. The van der Waals surface area contributed by atoms with Crippen LogP contribution in [0.2, 0.25) is 0 Å². The molecule has 1 aromatic carbocycles. The monoisotopic (exact) mass is 289 g/mol. The van der Waals surface area contributed by atoms with Crippen LogP contribution >= 0.6 is 0 Å². The molecule has 0 unspecified atom stereocenters. The number of para-hydroxylation sites is 1. The van der Waals surface area contributed by atoms with Gasteiger partial charge >= 0.3 is 0 Å². The number of anilines is 1. The molecule has 0 aliphatic carbocycles. The van der Waals surface area contributed by atoms with Gasteiger partial charge in [-0.2, -0.15) is 0 Å². The van der Waals surface area contributed by atoms with Gasteiger partial charge in [-0.05, 0) is 38.4 Å². The summed E-state index contributed by atoms with van der Waals surface area (Å²) in [4.78, 5) is 4.72. The van der Waals surface area contributed by atoms with Crippen LogP contribution in [-0.2, 0) is 0 Å². The van der Waals surface area contributed by atoms with Crippen molar-refractivity contribution in [3.05, 3.63) is 30.3 Å². The quantitative estimate of drug-likeness (QED) is 0.877. The van der Waals surface area contributed by atoms with Gasteiger partial charge in [-0.25, -0.2) is 0 Å². The highest BCUT2D eigenvalue weighted by molar-refractivity contribution is 5.47. The van der Waals surface area contributed by atoms with Crippen molar-refractivity contribution in [3.8, 4) is 0 Å². The molecule has 2 N–H and O–H groups in total. The predicted molar refractivity (Wildman–Crippen MR) is 86.7 cm³/mol. The largest absolute Gasteiger partial charge is 0.388 e. The zero-order valence-corrected chi connectivity index (χ0v) is 13.0. The molecule has 0 aromatic heterocycles. The standard InChI is InChI=1S/C17H27N3O/c1-19-11-8-17(21,9-12-19)14-18-15-7-10-20(13-15)16-5-3-2-4-6-16/h2-6,15,18,21H,7-14H2,1H3/t15-/m0/s1. The molecule has 1 aromatic rings. The fraction of sp³-hybridized carbons (Fsp3) is 0.647. The van der Waals surface area contributed by atoms with Crippen LogP contribution in [0, 0.1) is 0 Å². The second-order valence-electron chi connectivity index (χ2n) is 6.68. The first-order valence-corrected chi connectivity index (χ1v) is 8.09. The molecule has 21 heavy (non-hydrogen) atoms. The van der Waals surface area contributed by atoms with Crippen LogP contribution in [0.1, 0.15) is 19.3 Å². The Bertz CT molecular complexity index is 443. The summed E-state index contributed by atoms with van der Waals surface area (Å²) in [6.07, 6.45) is 2.92. The lowest BCUT2D eigenvalue weighted by molar-refractivity contribution is -0.0158. The fourth-order valence-electron chi connectivity index (χ4n) is 3.35. The molecule has 4 nitrogen and oxygen atoms in total. The van der Waals surface area contributed by atoms with E-state index in [1.54, 1.807) is 0 Å². The molecule has 1 atom stereocenters. The summed E-state index contributed by atoms with van der Waals surface area (Å²) in [6.45, 7) is 4.87. The highest BCUT2D eigenvalue weighted by Crippen LogP contribution is 2.23. The maximum Gasteiger partial charge on any atom is 0.0796 e. The first-order chi connectivity index (χ1) is 10.1. The average Bonchev–Trinajstić information content (AvgIpc) is 2.99. The number of piperidine rings is 1. The van der Waals surface area contributed by atoms with E-state index in [-0.39, 0.29) is 0 Å². The topological polar surface area (TPSA) is 38.7 Å². The van der Waals surface area contributed by atoms with Crippen molar-refractivity contribution in [1.29, 1.82) is 0 Å². The third-order valence-corrected chi connectivity index (χ3v) is 4.95. The number of rotatable bonds is 4. The van der Waals surface area contributed by atoms with Crippen molar-refractivity contribution in [2.75, 3.05) is 44.7 Å². The summed E-state index contributed by atoms with van der Waals surface area (Å²) in [5.41, 5.74) is 0.798. The second kappa shape index (κ2) is 6.34. The van der Waals surface area contributed by atoms with E-state index in [0.29, 0.717) is 6.04 Å². The van der Waals surface area contributed by atoms with Gasteiger partial charge < -0.3 is 20.2 Å². The molecule has 116 valence electrons.